The molecule has 7 heteroatoms. The molecule has 1 aliphatic heterocycles. The Morgan fingerprint density at radius 2 is 1.95 bits per heavy atom. The number of sulfone groups is 1. The van der Waals surface area contributed by atoms with E-state index in [4.69, 9.17) is 5.73 Å². The van der Waals surface area contributed by atoms with Crippen LogP contribution in [-0.2, 0) is 14.6 Å². The Morgan fingerprint density at radius 1 is 1.33 bits per heavy atom. The quantitative estimate of drug-likeness (QED) is 0.710. The minimum atomic E-state index is -2.96. The summed E-state index contributed by atoms with van der Waals surface area (Å²) in [4.78, 5) is 15.7. The fraction of sp³-hybridized carbons (Fsp3) is 0.929. The van der Waals surface area contributed by atoms with E-state index in [0.29, 0.717) is 18.9 Å². The Balaban J connectivity index is 2.38. The van der Waals surface area contributed by atoms with Crippen LogP contribution in [0.15, 0.2) is 0 Å². The highest BCUT2D eigenvalue weighted by molar-refractivity contribution is 7.91. The predicted octanol–water partition coefficient (Wildman–Crippen LogP) is -0.0629. The van der Waals surface area contributed by atoms with E-state index in [1.54, 1.807) is 11.9 Å². The molecule has 124 valence electrons. The molecule has 1 saturated heterocycles. The summed E-state index contributed by atoms with van der Waals surface area (Å²) in [7, 11) is 0.632. The second-order valence-corrected chi connectivity index (χ2v) is 8.72. The van der Waals surface area contributed by atoms with Gasteiger partial charge in [-0.1, -0.05) is 13.8 Å². The Bertz CT molecular complexity index is 450. The monoisotopic (exact) mass is 319 g/mol. The summed E-state index contributed by atoms with van der Waals surface area (Å²) in [5, 5.41) is 0. The molecule has 6 nitrogen and oxygen atoms in total. The highest BCUT2D eigenvalue weighted by Crippen LogP contribution is 2.16. The highest BCUT2D eigenvalue weighted by atomic mass is 32.2. The minimum absolute atomic E-state index is 0.0299. The molecule has 2 atom stereocenters. The molecule has 0 radical (unpaired) electrons. The first-order valence-corrected chi connectivity index (χ1v) is 9.34. The molecule has 21 heavy (non-hydrogen) atoms. The number of nitrogens with zero attached hydrogens (tertiary/aromatic N) is 2. The van der Waals surface area contributed by atoms with Crippen molar-refractivity contribution >= 4 is 15.7 Å². The van der Waals surface area contributed by atoms with Crippen LogP contribution < -0.4 is 5.73 Å². The third-order valence-corrected chi connectivity index (χ3v) is 6.01. The van der Waals surface area contributed by atoms with Gasteiger partial charge in [0.05, 0.1) is 18.1 Å². The van der Waals surface area contributed by atoms with Crippen LogP contribution in [0, 0.1) is 5.92 Å². The number of hydrogen-bond donors (Lipinski definition) is 1. The first-order chi connectivity index (χ1) is 9.62. The van der Waals surface area contributed by atoms with Crippen molar-refractivity contribution in [3.05, 3.63) is 0 Å². The summed E-state index contributed by atoms with van der Waals surface area (Å²) >= 11 is 0. The molecule has 2 N–H and O–H groups in total. The molecule has 1 amide bonds. The van der Waals surface area contributed by atoms with Gasteiger partial charge in [-0.05, 0) is 32.4 Å². The normalized spacial score (nSPS) is 22.7. The van der Waals surface area contributed by atoms with Gasteiger partial charge in [0, 0.05) is 19.1 Å². The first-order valence-electron chi connectivity index (χ1n) is 7.52. The van der Waals surface area contributed by atoms with Crippen LogP contribution in [0.1, 0.15) is 26.7 Å². The van der Waals surface area contributed by atoms with Crippen molar-refractivity contribution in [2.75, 3.05) is 38.7 Å². The van der Waals surface area contributed by atoms with E-state index in [1.807, 2.05) is 11.9 Å². The number of rotatable bonds is 7. The van der Waals surface area contributed by atoms with E-state index in [-0.39, 0.29) is 29.5 Å². The molecule has 0 spiro atoms. The van der Waals surface area contributed by atoms with E-state index in [1.165, 1.54) is 0 Å². The maximum absolute atomic E-state index is 12.2. The number of carbonyl (C=O) groups is 1. The van der Waals surface area contributed by atoms with Gasteiger partial charge in [0.15, 0.2) is 9.84 Å². The minimum Gasteiger partial charge on any atom is -0.341 e. The van der Waals surface area contributed by atoms with Gasteiger partial charge in [0.1, 0.15) is 0 Å². The van der Waals surface area contributed by atoms with E-state index >= 15 is 0 Å². The van der Waals surface area contributed by atoms with Crippen molar-refractivity contribution in [2.45, 2.75) is 38.8 Å². The maximum atomic E-state index is 12.2. The fourth-order valence-corrected chi connectivity index (χ4v) is 4.18. The van der Waals surface area contributed by atoms with Gasteiger partial charge in [0.2, 0.25) is 5.91 Å². The summed E-state index contributed by atoms with van der Waals surface area (Å²) in [6.07, 6.45) is 1.40. The van der Waals surface area contributed by atoms with Gasteiger partial charge in [-0.15, -0.1) is 0 Å². The zero-order valence-corrected chi connectivity index (χ0v) is 14.4. The Hall–Kier alpha value is -0.660. The second-order valence-electron chi connectivity index (χ2n) is 6.50. The van der Waals surface area contributed by atoms with Crippen LogP contribution in [0.2, 0.25) is 0 Å². The predicted molar refractivity (Wildman–Crippen MR) is 84.8 cm³/mol. The van der Waals surface area contributed by atoms with Crippen molar-refractivity contribution in [1.82, 2.24) is 9.80 Å². The Kier molecular flexibility index (Phi) is 6.62. The smallest absolute Gasteiger partial charge is 0.236 e. The van der Waals surface area contributed by atoms with E-state index in [9.17, 15) is 13.2 Å². The topological polar surface area (TPSA) is 83.7 Å². The summed E-state index contributed by atoms with van der Waals surface area (Å²) < 4.78 is 22.9. The molecule has 1 rings (SSSR count). The van der Waals surface area contributed by atoms with Gasteiger partial charge in [-0.3, -0.25) is 9.69 Å². The van der Waals surface area contributed by atoms with Crippen LogP contribution in [0.5, 0.6) is 0 Å². The van der Waals surface area contributed by atoms with Crippen molar-refractivity contribution in [1.29, 1.82) is 0 Å². The number of likely N-dealkylation sites (N-methyl/N-ethyl adjacent to an activating group) is 2. The summed E-state index contributed by atoms with van der Waals surface area (Å²) in [5.74, 6) is 0.684. The molecule has 2 unspecified atom stereocenters. The molecule has 0 aromatic carbocycles. The number of amides is 1. The average Bonchev–Trinajstić information content (AvgIpc) is 2.75. The Morgan fingerprint density at radius 3 is 2.43 bits per heavy atom. The van der Waals surface area contributed by atoms with Crippen molar-refractivity contribution in [3.63, 3.8) is 0 Å². The van der Waals surface area contributed by atoms with Gasteiger partial charge >= 0.3 is 0 Å². The Labute approximate surface area is 128 Å². The zero-order valence-electron chi connectivity index (χ0n) is 13.6. The van der Waals surface area contributed by atoms with Crippen molar-refractivity contribution < 1.29 is 13.2 Å². The SMILES string of the molecule is CC(C)C(N)CCN(C)CC(=O)N(C)C1CCS(=O)(=O)C1. The van der Waals surface area contributed by atoms with Gasteiger partial charge in [0.25, 0.3) is 0 Å². The maximum Gasteiger partial charge on any atom is 0.236 e. The number of nitrogens with two attached hydrogens (primary N) is 1. The zero-order chi connectivity index (χ0) is 16.2. The average molecular weight is 319 g/mol. The van der Waals surface area contributed by atoms with Crippen molar-refractivity contribution in [2.24, 2.45) is 11.7 Å². The number of carbonyl (C=O) groups excluding carboxylic acids is 1. The molecule has 0 bridgehead atoms. The second kappa shape index (κ2) is 7.56. The third-order valence-electron chi connectivity index (χ3n) is 4.26. The van der Waals surface area contributed by atoms with Crippen LogP contribution in [0.4, 0.5) is 0 Å². The van der Waals surface area contributed by atoms with Gasteiger partial charge in [-0.2, -0.15) is 0 Å². The lowest BCUT2D eigenvalue weighted by atomic mass is 10.0. The van der Waals surface area contributed by atoms with E-state index in [2.05, 4.69) is 13.8 Å². The molecule has 0 aromatic rings. The molecule has 0 saturated carbocycles. The van der Waals surface area contributed by atoms with Gasteiger partial charge in [-0.25, -0.2) is 8.42 Å². The van der Waals surface area contributed by atoms with E-state index < -0.39 is 9.84 Å². The number of hydrogen-bond acceptors (Lipinski definition) is 5. The van der Waals surface area contributed by atoms with Crippen LogP contribution >= 0.6 is 0 Å². The lowest BCUT2D eigenvalue weighted by Gasteiger charge is -2.27. The highest BCUT2D eigenvalue weighted by Gasteiger charge is 2.32. The largest absolute Gasteiger partial charge is 0.341 e. The third kappa shape index (κ3) is 5.92. The standard InChI is InChI=1S/C14H29N3O3S/c1-11(2)13(15)5-7-16(3)9-14(18)17(4)12-6-8-21(19,20)10-12/h11-13H,5-10,15H2,1-4H3. The molecular weight excluding hydrogens is 290 g/mol. The van der Waals surface area contributed by atoms with E-state index in [0.717, 1.165) is 13.0 Å². The van der Waals surface area contributed by atoms with Crippen LogP contribution in [0.25, 0.3) is 0 Å². The summed E-state index contributed by atoms with van der Waals surface area (Å²) in [5.41, 5.74) is 6.00. The first kappa shape index (κ1) is 18.4. The van der Waals surface area contributed by atoms with Crippen LogP contribution in [0.3, 0.4) is 0 Å². The van der Waals surface area contributed by atoms with Gasteiger partial charge < -0.3 is 10.6 Å². The molecular formula is C14H29N3O3S. The molecule has 1 heterocycles. The lowest BCUT2D eigenvalue weighted by molar-refractivity contribution is -0.132. The summed E-state index contributed by atoms with van der Waals surface area (Å²) in [6.45, 7) is 5.24. The van der Waals surface area contributed by atoms with Crippen LogP contribution in [-0.4, -0.2) is 74.9 Å². The molecule has 0 aromatic heterocycles. The molecule has 1 fully saturated rings. The molecule has 1 aliphatic rings. The van der Waals surface area contributed by atoms with Crippen molar-refractivity contribution in [3.8, 4) is 0 Å². The lowest BCUT2D eigenvalue weighted by Crippen LogP contribution is -2.43. The molecule has 0 aliphatic carbocycles. The summed E-state index contributed by atoms with van der Waals surface area (Å²) in [6, 6.07) is -0.0333. The fourth-order valence-electron chi connectivity index (χ4n) is 2.41.